The molecule has 4 nitrogen and oxygen atoms in total. The minimum atomic E-state index is -0.305. The van der Waals surface area contributed by atoms with Crippen molar-refractivity contribution in [3.8, 4) is 0 Å². The molecule has 2 aromatic rings. The minimum Gasteiger partial charge on any atom is -0.376 e. The highest BCUT2D eigenvalue weighted by molar-refractivity contribution is 5.80. The first-order chi connectivity index (χ1) is 11.2. The normalized spacial score (nSPS) is 11.0. The third-order valence-electron chi connectivity index (χ3n) is 3.18. The maximum absolute atomic E-state index is 12.8. The van der Waals surface area contributed by atoms with E-state index in [1.165, 1.54) is 12.1 Å². The lowest BCUT2D eigenvalue weighted by atomic mass is 10.2. The van der Waals surface area contributed by atoms with Crippen molar-refractivity contribution in [2.75, 3.05) is 11.9 Å². The molecule has 0 aliphatic carbocycles. The van der Waals surface area contributed by atoms with Crippen molar-refractivity contribution in [1.82, 2.24) is 10.9 Å². The lowest BCUT2D eigenvalue weighted by molar-refractivity contribution is -0.120. The van der Waals surface area contributed by atoms with E-state index in [0.29, 0.717) is 5.69 Å². The average molecular weight is 313 g/mol. The lowest BCUT2D eigenvalue weighted by Crippen LogP contribution is -2.40. The Morgan fingerprint density at radius 2 is 1.74 bits per heavy atom. The zero-order valence-electron chi connectivity index (χ0n) is 13.0. The van der Waals surface area contributed by atoms with Crippen LogP contribution in [-0.2, 0) is 4.79 Å². The number of amides is 1. The van der Waals surface area contributed by atoms with Crippen LogP contribution in [0.4, 0.5) is 10.1 Å². The van der Waals surface area contributed by atoms with Gasteiger partial charge in [0.1, 0.15) is 5.82 Å². The highest BCUT2D eigenvalue weighted by Gasteiger charge is 2.02. The fourth-order valence-corrected chi connectivity index (χ4v) is 1.92. The minimum absolute atomic E-state index is 0.0982. The Morgan fingerprint density at radius 1 is 1.04 bits per heavy atom. The quantitative estimate of drug-likeness (QED) is 0.687. The third kappa shape index (κ3) is 5.82. The SMILES string of the molecule is CC/C(=C\c1ccccc1)NNC(=O)CNc1ccc(F)cc1. The van der Waals surface area contributed by atoms with E-state index >= 15 is 0 Å². The molecule has 0 radical (unpaired) electrons. The summed E-state index contributed by atoms with van der Waals surface area (Å²) < 4.78 is 12.8. The topological polar surface area (TPSA) is 53.2 Å². The van der Waals surface area contributed by atoms with Gasteiger partial charge in [-0.2, -0.15) is 0 Å². The van der Waals surface area contributed by atoms with E-state index in [-0.39, 0.29) is 18.3 Å². The predicted molar refractivity (Wildman–Crippen MR) is 90.9 cm³/mol. The molecule has 0 bridgehead atoms. The molecule has 0 saturated heterocycles. The number of rotatable bonds is 7. The van der Waals surface area contributed by atoms with E-state index in [2.05, 4.69) is 16.2 Å². The van der Waals surface area contributed by atoms with Crippen LogP contribution in [0.5, 0.6) is 0 Å². The predicted octanol–water partition coefficient (Wildman–Crippen LogP) is 3.31. The summed E-state index contributed by atoms with van der Waals surface area (Å²) >= 11 is 0. The number of anilines is 1. The standard InChI is InChI=1S/C18H20FN3O/c1-2-16(12-14-6-4-3-5-7-14)21-22-18(23)13-20-17-10-8-15(19)9-11-17/h3-12,20-21H,2,13H2,1H3,(H,22,23)/b16-12+. The number of allylic oxidation sites excluding steroid dienone is 1. The molecule has 0 saturated carbocycles. The Labute approximate surface area is 135 Å². The molecule has 0 aliphatic heterocycles. The summed E-state index contributed by atoms with van der Waals surface area (Å²) in [6.07, 6.45) is 2.74. The summed E-state index contributed by atoms with van der Waals surface area (Å²) in [5.74, 6) is -0.512. The van der Waals surface area contributed by atoms with Gasteiger partial charge in [0.15, 0.2) is 0 Å². The first-order valence-corrected chi connectivity index (χ1v) is 7.47. The molecule has 0 atom stereocenters. The van der Waals surface area contributed by atoms with Crippen molar-refractivity contribution in [3.05, 3.63) is 71.7 Å². The summed E-state index contributed by atoms with van der Waals surface area (Å²) in [5, 5.41) is 2.92. The van der Waals surface area contributed by atoms with E-state index in [1.54, 1.807) is 12.1 Å². The highest BCUT2D eigenvalue weighted by atomic mass is 19.1. The van der Waals surface area contributed by atoms with Gasteiger partial charge in [0.05, 0.1) is 6.54 Å². The van der Waals surface area contributed by atoms with Crippen LogP contribution in [0.15, 0.2) is 60.3 Å². The number of hydrogen-bond donors (Lipinski definition) is 3. The van der Waals surface area contributed by atoms with Crippen LogP contribution in [0, 0.1) is 5.82 Å². The second-order valence-corrected chi connectivity index (χ2v) is 4.97. The largest absolute Gasteiger partial charge is 0.376 e. The molecule has 5 heteroatoms. The van der Waals surface area contributed by atoms with Crippen LogP contribution in [0.25, 0.3) is 6.08 Å². The molecule has 2 aromatic carbocycles. The monoisotopic (exact) mass is 313 g/mol. The van der Waals surface area contributed by atoms with Gasteiger partial charge in [-0.15, -0.1) is 0 Å². The summed E-state index contributed by atoms with van der Waals surface area (Å²) in [6.45, 7) is 2.10. The van der Waals surface area contributed by atoms with Crippen molar-refractivity contribution in [3.63, 3.8) is 0 Å². The van der Waals surface area contributed by atoms with Crippen LogP contribution in [0.2, 0.25) is 0 Å². The van der Waals surface area contributed by atoms with Gasteiger partial charge in [-0.3, -0.25) is 10.2 Å². The first-order valence-electron chi connectivity index (χ1n) is 7.47. The summed E-state index contributed by atoms with van der Waals surface area (Å²) in [4.78, 5) is 11.8. The number of carbonyl (C=O) groups is 1. The number of hydrogen-bond acceptors (Lipinski definition) is 3. The van der Waals surface area contributed by atoms with E-state index in [1.807, 2.05) is 43.3 Å². The van der Waals surface area contributed by atoms with Gasteiger partial charge in [-0.05, 0) is 42.3 Å². The van der Waals surface area contributed by atoms with E-state index < -0.39 is 0 Å². The summed E-state index contributed by atoms with van der Waals surface area (Å²) in [5.41, 5.74) is 8.23. The Morgan fingerprint density at radius 3 is 2.39 bits per heavy atom. The van der Waals surface area contributed by atoms with Crippen molar-refractivity contribution < 1.29 is 9.18 Å². The fourth-order valence-electron chi connectivity index (χ4n) is 1.92. The van der Waals surface area contributed by atoms with Crippen molar-refractivity contribution >= 4 is 17.7 Å². The lowest BCUT2D eigenvalue weighted by Gasteiger charge is -2.12. The number of halogens is 1. The number of carbonyl (C=O) groups excluding carboxylic acids is 1. The van der Waals surface area contributed by atoms with Crippen molar-refractivity contribution in [2.45, 2.75) is 13.3 Å². The van der Waals surface area contributed by atoms with Gasteiger partial charge in [0, 0.05) is 11.4 Å². The average Bonchev–Trinajstić information content (AvgIpc) is 2.59. The summed E-state index contributed by atoms with van der Waals surface area (Å²) in [7, 11) is 0. The van der Waals surface area contributed by atoms with Crippen LogP contribution in [-0.4, -0.2) is 12.5 Å². The Balaban J connectivity index is 1.80. The maximum Gasteiger partial charge on any atom is 0.257 e. The Hall–Kier alpha value is -2.82. The number of hydrazine groups is 1. The van der Waals surface area contributed by atoms with Gasteiger partial charge < -0.3 is 10.7 Å². The zero-order chi connectivity index (χ0) is 16.5. The Kier molecular flexibility index (Phi) is 6.17. The van der Waals surface area contributed by atoms with Gasteiger partial charge in [-0.1, -0.05) is 37.3 Å². The molecule has 120 valence electrons. The molecule has 0 aliphatic rings. The van der Waals surface area contributed by atoms with Gasteiger partial charge in [-0.25, -0.2) is 4.39 Å². The molecule has 0 spiro atoms. The van der Waals surface area contributed by atoms with Crippen LogP contribution < -0.4 is 16.2 Å². The van der Waals surface area contributed by atoms with Crippen LogP contribution >= 0.6 is 0 Å². The summed E-state index contributed by atoms with van der Waals surface area (Å²) in [6, 6.07) is 15.7. The van der Waals surface area contributed by atoms with Crippen LogP contribution in [0.3, 0.4) is 0 Å². The van der Waals surface area contributed by atoms with Crippen LogP contribution in [0.1, 0.15) is 18.9 Å². The van der Waals surface area contributed by atoms with E-state index in [9.17, 15) is 9.18 Å². The number of benzene rings is 2. The molecular weight excluding hydrogens is 293 g/mol. The zero-order valence-corrected chi connectivity index (χ0v) is 13.0. The molecule has 0 fully saturated rings. The van der Waals surface area contributed by atoms with E-state index in [0.717, 1.165) is 17.7 Å². The molecule has 2 rings (SSSR count). The van der Waals surface area contributed by atoms with E-state index in [4.69, 9.17) is 0 Å². The second-order valence-electron chi connectivity index (χ2n) is 4.97. The highest BCUT2D eigenvalue weighted by Crippen LogP contribution is 2.08. The fraction of sp³-hybridized carbons (Fsp3) is 0.167. The smallest absolute Gasteiger partial charge is 0.257 e. The van der Waals surface area contributed by atoms with Crippen molar-refractivity contribution in [1.29, 1.82) is 0 Å². The molecular formula is C18H20FN3O. The molecule has 3 N–H and O–H groups in total. The van der Waals surface area contributed by atoms with Gasteiger partial charge >= 0.3 is 0 Å². The molecule has 0 aromatic heterocycles. The molecule has 1 amide bonds. The Bertz CT molecular complexity index is 654. The maximum atomic E-state index is 12.8. The molecule has 0 unspecified atom stereocenters. The molecule has 23 heavy (non-hydrogen) atoms. The van der Waals surface area contributed by atoms with Crippen molar-refractivity contribution in [2.24, 2.45) is 0 Å². The van der Waals surface area contributed by atoms with Gasteiger partial charge in [0.25, 0.3) is 5.91 Å². The third-order valence-corrected chi connectivity index (χ3v) is 3.18. The first kappa shape index (κ1) is 16.5. The second kappa shape index (κ2) is 8.58. The molecule has 0 heterocycles. The number of nitrogens with one attached hydrogen (secondary N) is 3. The van der Waals surface area contributed by atoms with Gasteiger partial charge in [0.2, 0.25) is 0 Å².